The Morgan fingerprint density at radius 3 is 2.05 bits per heavy atom. The van der Waals surface area contributed by atoms with Gasteiger partial charge < -0.3 is 14.4 Å². The molecule has 0 N–H and O–H groups in total. The van der Waals surface area contributed by atoms with Gasteiger partial charge in [0, 0.05) is 13.1 Å². The second-order valence-electron chi connectivity index (χ2n) is 7.18. The van der Waals surface area contributed by atoms with Crippen LogP contribution in [0.15, 0.2) is 0 Å². The van der Waals surface area contributed by atoms with Gasteiger partial charge in [0.1, 0.15) is 5.60 Å². The summed E-state index contributed by atoms with van der Waals surface area (Å²) in [4.78, 5) is 25.8. The molecule has 0 aromatic carbocycles. The molecule has 21 heavy (non-hydrogen) atoms. The van der Waals surface area contributed by atoms with Crippen molar-refractivity contribution >= 4 is 12.1 Å². The molecule has 1 saturated heterocycles. The smallest absolute Gasteiger partial charge is 0.410 e. The predicted octanol–water partition coefficient (Wildman–Crippen LogP) is 3.22. The second-order valence-corrected chi connectivity index (χ2v) is 7.18. The Bertz CT molecular complexity index is 376. The SMILES string of the molecule is CCOC(=O)C(C)(C)C1CCN(C(=O)OC(C)(C)C)CC1. The van der Waals surface area contributed by atoms with Crippen molar-refractivity contribution in [1.29, 1.82) is 0 Å². The van der Waals surface area contributed by atoms with Gasteiger partial charge in [0.2, 0.25) is 0 Å². The molecule has 1 amide bonds. The lowest BCUT2D eigenvalue weighted by atomic mass is 9.73. The average molecular weight is 299 g/mol. The summed E-state index contributed by atoms with van der Waals surface area (Å²) in [5.41, 5.74) is -0.978. The highest BCUT2D eigenvalue weighted by Crippen LogP contribution is 2.36. The molecule has 5 heteroatoms. The van der Waals surface area contributed by atoms with Crippen molar-refractivity contribution in [2.45, 2.75) is 60.0 Å². The van der Waals surface area contributed by atoms with Crippen molar-refractivity contribution in [3.05, 3.63) is 0 Å². The molecule has 122 valence electrons. The molecule has 0 spiro atoms. The highest BCUT2D eigenvalue weighted by molar-refractivity contribution is 5.76. The van der Waals surface area contributed by atoms with Gasteiger partial charge in [0.05, 0.1) is 12.0 Å². The maximum Gasteiger partial charge on any atom is 0.410 e. The molecule has 0 atom stereocenters. The molecular weight excluding hydrogens is 270 g/mol. The number of hydrogen-bond donors (Lipinski definition) is 0. The summed E-state index contributed by atoms with van der Waals surface area (Å²) in [5.74, 6) is 0.0796. The zero-order chi connectivity index (χ0) is 16.3. The Kier molecular flexibility index (Phi) is 5.65. The fourth-order valence-electron chi connectivity index (χ4n) is 2.59. The van der Waals surface area contributed by atoms with E-state index in [4.69, 9.17) is 9.47 Å². The van der Waals surface area contributed by atoms with Gasteiger partial charge >= 0.3 is 12.1 Å². The largest absolute Gasteiger partial charge is 0.466 e. The molecule has 1 rings (SSSR count). The molecule has 5 nitrogen and oxygen atoms in total. The van der Waals surface area contributed by atoms with Crippen LogP contribution in [-0.4, -0.2) is 42.3 Å². The quantitative estimate of drug-likeness (QED) is 0.751. The van der Waals surface area contributed by atoms with Gasteiger partial charge in [-0.3, -0.25) is 4.79 Å². The summed E-state index contributed by atoms with van der Waals surface area (Å²) in [7, 11) is 0. The zero-order valence-electron chi connectivity index (χ0n) is 14.2. The minimum Gasteiger partial charge on any atom is -0.466 e. The molecular formula is C16H29NO4. The second kappa shape index (κ2) is 6.67. The molecule has 1 aliphatic rings. The van der Waals surface area contributed by atoms with E-state index in [0.717, 1.165) is 12.8 Å². The first-order chi connectivity index (χ1) is 9.58. The van der Waals surface area contributed by atoms with Crippen LogP contribution in [0.2, 0.25) is 0 Å². The van der Waals surface area contributed by atoms with Gasteiger partial charge in [0.25, 0.3) is 0 Å². The molecule has 0 aliphatic carbocycles. The monoisotopic (exact) mass is 299 g/mol. The maximum absolute atomic E-state index is 12.0. The Morgan fingerprint density at radius 2 is 1.62 bits per heavy atom. The highest BCUT2D eigenvalue weighted by atomic mass is 16.6. The van der Waals surface area contributed by atoms with Gasteiger partial charge in [-0.25, -0.2) is 4.79 Å². The van der Waals surface area contributed by atoms with Gasteiger partial charge in [-0.1, -0.05) is 0 Å². The molecule has 1 aliphatic heterocycles. The summed E-state index contributed by atoms with van der Waals surface area (Å²) in [5, 5.41) is 0. The molecule has 0 aromatic rings. The van der Waals surface area contributed by atoms with E-state index in [1.54, 1.807) is 4.90 Å². The van der Waals surface area contributed by atoms with Gasteiger partial charge in [-0.15, -0.1) is 0 Å². The van der Waals surface area contributed by atoms with Crippen LogP contribution in [0.5, 0.6) is 0 Å². The molecule has 0 bridgehead atoms. The van der Waals surface area contributed by atoms with Crippen LogP contribution in [0.1, 0.15) is 54.4 Å². The zero-order valence-corrected chi connectivity index (χ0v) is 14.2. The maximum atomic E-state index is 12.0. The van der Waals surface area contributed by atoms with E-state index in [2.05, 4.69) is 0 Å². The first kappa shape index (κ1) is 17.8. The molecule has 0 unspecified atom stereocenters. The third kappa shape index (κ3) is 4.90. The Morgan fingerprint density at radius 1 is 1.10 bits per heavy atom. The van der Waals surface area contributed by atoms with Gasteiger partial charge in [-0.2, -0.15) is 0 Å². The van der Waals surface area contributed by atoms with Gasteiger partial charge in [0.15, 0.2) is 0 Å². The predicted molar refractivity (Wildman–Crippen MR) is 80.9 cm³/mol. The Hall–Kier alpha value is -1.26. The first-order valence-corrected chi connectivity index (χ1v) is 7.73. The van der Waals surface area contributed by atoms with Crippen LogP contribution >= 0.6 is 0 Å². The third-order valence-corrected chi connectivity index (χ3v) is 3.97. The molecule has 0 radical (unpaired) electrons. The first-order valence-electron chi connectivity index (χ1n) is 7.73. The standard InChI is InChI=1S/C16H29NO4/c1-7-20-13(18)16(5,6)12-8-10-17(11-9-12)14(19)21-15(2,3)4/h12H,7-11H2,1-6H3. The van der Waals surface area contributed by atoms with Crippen molar-refractivity contribution in [3.8, 4) is 0 Å². The summed E-state index contributed by atoms with van der Waals surface area (Å²) in [6.07, 6.45) is 1.32. The number of rotatable bonds is 3. The number of piperidine rings is 1. The Labute approximate surface area is 128 Å². The van der Waals surface area contributed by atoms with Crippen LogP contribution in [0.4, 0.5) is 4.79 Å². The van der Waals surface area contributed by atoms with Crippen LogP contribution in [0.3, 0.4) is 0 Å². The minimum atomic E-state index is -0.504. The topological polar surface area (TPSA) is 55.8 Å². The number of esters is 1. The normalized spacial score (nSPS) is 17.5. The molecule has 0 saturated carbocycles. The van der Waals surface area contributed by atoms with E-state index in [-0.39, 0.29) is 18.0 Å². The molecule has 0 aromatic heterocycles. The van der Waals surface area contributed by atoms with Crippen LogP contribution in [-0.2, 0) is 14.3 Å². The molecule has 1 heterocycles. The number of likely N-dealkylation sites (tertiary alicyclic amines) is 1. The summed E-state index contributed by atoms with van der Waals surface area (Å²) in [6, 6.07) is 0. The van der Waals surface area contributed by atoms with Crippen molar-refractivity contribution in [3.63, 3.8) is 0 Å². The number of nitrogens with zero attached hydrogens (tertiary/aromatic N) is 1. The van der Waals surface area contributed by atoms with E-state index >= 15 is 0 Å². The van der Waals surface area contributed by atoms with Crippen molar-refractivity contribution < 1.29 is 19.1 Å². The lowest BCUT2D eigenvalue weighted by molar-refractivity contribution is -0.157. The van der Waals surface area contributed by atoms with Crippen molar-refractivity contribution in [2.75, 3.05) is 19.7 Å². The Balaban J connectivity index is 2.55. The van der Waals surface area contributed by atoms with E-state index in [1.165, 1.54) is 0 Å². The number of ether oxygens (including phenoxy) is 2. The van der Waals surface area contributed by atoms with Crippen molar-refractivity contribution in [2.24, 2.45) is 11.3 Å². The number of carbonyl (C=O) groups is 2. The third-order valence-electron chi connectivity index (χ3n) is 3.97. The van der Waals surface area contributed by atoms with E-state index in [9.17, 15) is 9.59 Å². The number of hydrogen-bond acceptors (Lipinski definition) is 4. The van der Waals surface area contributed by atoms with E-state index in [0.29, 0.717) is 19.7 Å². The van der Waals surface area contributed by atoms with Crippen LogP contribution < -0.4 is 0 Å². The lowest BCUT2D eigenvalue weighted by Gasteiger charge is -2.39. The fraction of sp³-hybridized carbons (Fsp3) is 0.875. The number of amides is 1. The van der Waals surface area contributed by atoms with Crippen LogP contribution in [0, 0.1) is 11.3 Å². The summed E-state index contributed by atoms with van der Waals surface area (Å²) in [6.45, 7) is 12.9. The number of carbonyl (C=O) groups excluding carboxylic acids is 2. The van der Waals surface area contributed by atoms with Crippen LogP contribution in [0.25, 0.3) is 0 Å². The highest BCUT2D eigenvalue weighted by Gasteiger charge is 2.40. The van der Waals surface area contributed by atoms with E-state index < -0.39 is 11.0 Å². The fourth-order valence-corrected chi connectivity index (χ4v) is 2.59. The summed E-state index contributed by atoms with van der Waals surface area (Å²) < 4.78 is 10.5. The lowest BCUT2D eigenvalue weighted by Crippen LogP contribution is -2.46. The average Bonchev–Trinajstić information content (AvgIpc) is 2.37. The molecule has 1 fully saturated rings. The van der Waals surface area contributed by atoms with Crippen molar-refractivity contribution in [1.82, 2.24) is 4.90 Å². The van der Waals surface area contributed by atoms with Gasteiger partial charge in [-0.05, 0) is 60.3 Å². The minimum absolute atomic E-state index is 0.152. The van der Waals surface area contributed by atoms with E-state index in [1.807, 2.05) is 41.5 Å². The summed E-state index contributed by atoms with van der Waals surface area (Å²) >= 11 is 0.